The van der Waals surface area contributed by atoms with Crippen LogP contribution in [0.4, 0.5) is 17.5 Å². The van der Waals surface area contributed by atoms with Gasteiger partial charge >= 0.3 is 0 Å². The number of rotatable bonds is 4. The zero-order valence-electron chi connectivity index (χ0n) is 14.5. The summed E-state index contributed by atoms with van der Waals surface area (Å²) in [6.45, 7) is 0. The number of aromatic nitrogens is 5. The van der Waals surface area contributed by atoms with Crippen molar-refractivity contribution in [1.29, 1.82) is 5.26 Å². The van der Waals surface area contributed by atoms with E-state index in [0.717, 1.165) is 10.9 Å². The second kappa shape index (κ2) is 7.31. The lowest BCUT2D eigenvalue weighted by Gasteiger charge is -2.10. The molecule has 0 amide bonds. The fourth-order valence-electron chi connectivity index (χ4n) is 2.69. The SMILES string of the molecule is CNc1cc(Nc2cc3c(cn2)cnn3-c2c(Cl)cc(C#N)cc2Cl)ncn1. The standard InChI is InChI=1S/C18H12Cl2N8/c1-22-15-5-17(25-9-24-15)27-16-4-14-11(7-23-16)8-26-28(14)18-12(19)2-10(6-21)3-13(18)20/h2-5,7-9H,1H3,(H2,22,23,24,25,27). The molecule has 4 aromatic rings. The molecule has 10 heteroatoms. The first-order valence-electron chi connectivity index (χ1n) is 8.09. The zero-order valence-corrected chi connectivity index (χ0v) is 16.0. The number of halogens is 2. The molecule has 0 aliphatic heterocycles. The number of anilines is 3. The normalized spacial score (nSPS) is 10.6. The maximum absolute atomic E-state index is 9.07. The van der Waals surface area contributed by atoms with Crippen molar-refractivity contribution in [1.82, 2.24) is 24.7 Å². The van der Waals surface area contributed by atoms with Gasteiger partial charge in [-0.25, -0.2) is 19.6 Å². The number of nitriles is 1. The van der Waals surface area contributed by atoms with Gasteiger partial charge in [-0.1, -0.05) is 23.2 Å². The first kappa shape index (κ1) is 18.0. The van der Waals surface area contributed by atoms with Crippen molar-refractivity contribution in [3.05, 3.63) is 58.6 Å². The highest BCUT2D eigenvalue weighted by molar-refractivity contribution is 6.38. The molecule has 8 nitrogen and oxygen atoms in total. The van der Waals surface area contributed by atoms with Crippen LogP contribution in [0, 0.1) is 11.3 Å². The van der Waals surface area contributed by atoms with Crippen molar-refractivity contribution in [2.24, 2.45) is 0 Å². The van der Waals surface area contributed by atoms with Crippen molar-refractivity contribution in [2.45, 2.75) is 0 Å². The number of hydrogen-bond acceptors (Lipinski definition) is 7. The van der Waals surface area contributed by atoms with Gasteiger partial charge in [0.2, 0.25) is 0 Å². The second-order valence-electron chi connectivity index (χ2n) is 5.75. The number of benzene rings is 1. The van der Waals surface area contributed by atoms with Crippen LogP contribution < -0.4 is 10.6 Å². The van der Waals surface area contributed by atoms with Crippen molar-refractivity contribution < 1.29 is 0 Å². The van der Waals surface area contributed by atoms with Gasteiger partial charge in [-0.3, -0.25) is 0 Å². The molecule has 0 fully saturated rings. The average Bonchev–Trinajstić information content (AvgIpc) is 3.10. The van der Waals surface area contributed by atoms with Crippen molar-refractivity contribution >= 4 is 51.6 Å². The highest BCUT2D eigenvalue weighted by Gasteiger charge is 2.15. The second-order valence-corrected chi connectivity index (χ2v) is 6.56. The topological polar surface area (TPSA) is 104 Å². The largest absolute Gasteiger partial charge is 0.373 e. The summed E-state index contributed by atoms with van der Waals surface area (Å²) in [5.41, 5.74) is 1.62. The molecule has 0 saturated carbocycles. The third-order valence-corrected chi connectivity index (χ3v) is 4.57. The van der Waals surface area contributed by atoms with E-state index in [1.54, 1.807) is 42.3 Å². The number of fused-ring (bicyclic) bond motifs is 1. The van der Waals surface area contributed by atoms with Crippen molar-refractivity contribution in [3.63, 3.8) is 0 Å². The molecule has 4 rings (SSSR count). The molecule has 1 aromatic carbocycles. The summed E-state index contributed by atoms with van der Waals surface area (Å²) in [7, 11) is 1.78. The van der Waals surface area contributed by atoms with E-state index < -0.39 is 0 Å². The zero-order chi connectivity index (χ0) is 19.7. The lowest BCUT2D eigenvalue weighted by Crippen LogP contribution is -2.01. The van der Waals surface area contributed by atoms with E-state index in [9.17, 15) is 0 Å². The van der Waals surface area contributed by atoms with Gasteiger partial charge in [-0.05, 0) is 12.1 Å². The van der Waals surface area contributed by atoms with Crippen molar-refractivity contribution in [2.75, 3.05) is 17.7 Å². The quantitative estimate of drug-likeness (QED) is 0.519. The van der Waals surface area contributed by atoms with Crippen LogP contribution in [0.25, 0.3) is 16.6 Å². The highest BCUT2D eigenvalue weighted by Crippen LogP contribution is 2.32. The fourth-order valence-corrected chi connectivity index (χ4v) is 3.34. The highest BCUT2D eigenvalue weighted by atomic mass is 35.5. The van der Waals surface area contributed by atoms with Gasteiger partial charge in [0.05, 0.1) is 33.4 Å². The van der Waals surface area contributed by atoms with Gasteiger partial charge in [0.25, 0.3) is 0 Å². The first-order valence-corrected chi connectivity index (χ1v) is 8.85. The third-order valence-electron chi connectivity index (χ3n) is 3.99. The molecule has 0 saturated heterocycles. The Bertz CT molecular complexity index is 1200. The minimum Gasteiger partial charge on any atom is -0.373 e. The number of nitrogens with zero attached hydrogens (tertiary/aromatic N) is 6. The molecule has 2 N–H and O–H groups in total. The van der Waals surface area contributed by atoms with Crippen LogP contribution in [0.1, 0.15) is 5.56 Å². The number of nitrogens with one attached hydrogen (secondary N) is 2. The molecule has 0 bridgehead atoms. The van der Waals surface area contributed by atoms with E-state index in [4.69, 9.17) is 28.5 Å². The summed E-state index contributed by atoms with van der Waals surface area (Å²) in [6, 6.07) is 8.71. The molecule has 0 aliphatic carbocycles. The molecule has 0 unspecified atom stereocenters. The molecule has 0 atom stereocenters. The summed E-state index contributed by atoms with van der Waals surface area (Å²) in [6.07, 6.45) is 4.81. The van der Waals surface area contributed by atoms with E-state index in [0.29, 0.717) is 38.7 Å². The summed E-state index contributed by atoms with van der Waals surface area (Å²) in [4.78, 5) is 12.6. The lowest BCUT2D eigenvalue weighted by molar-refractivity contribution is 0.910. The van der Waals surface area contributed by atoms with E-state index in [2.05, 4.69) is 30.7 Å². The van der Waals surface area contributed by atoms with E-state index in [-0.39, 0.29) is 0 Å². The smallest absolute Gasteiger partial charge is 0.137 e. The fraction of sp³-hybridized carbons (Fsp3) is 0.0556. The van der Waals surface area contributed by atoms with Crippen LogP contribution in [0.5, 0.6) is 0 Å². The van der Waals surface area contributed by atoms with E-state index in [1.807, 2.05) is 12.1 Å². The predicted molar refractivity (Wildman–Crippen MR) is 108 cm³/mol. The summed E-state index contributed by atoms with van der Waals surface area (Å²) in [5.74, 6) is 1.84. The summed E-state index contributed by atoms with van der Waals surface area (Å²) in [5, 5.41) is 21.0. The van der Waals surface area contributed by atoms with Crippen LogP contribution in [0.2, 0.25) is 10.0 Å². The van der Waals surface area contributed by atoms with Crippen molar-refractivity contribution in [3.8, 4) is 11.8 Å². The molecule has 0 aliphatic rings. The minimum absolute atomic E-state index is 0.329. The Kier molecular flexibility index (Phi) is 4.69. The molecule has 28 heavy (non-hydrogen) atoms. The van der Waals surface area contributed by atoms with E-state index in [1.165, 1.54) is 6.33 Å². The minimum atomic E-state index is 0.329. The molecule has 3 heterocycles. The number of hydrogen-bond donors (Lipinski definition) is 2. The third kappa shape index (κ3) is 3.29. The molecule has 0 radical (unpaired) electrons. The van der Waals surface area contributed by atoms with Crippen LogP contribution in [0.3, 0.4) is 0 Å². The molecular weight excluding hydrogens is 399 g/mol. The van der Waals surface area contributed by atoms with Crippen LogP contribution >= 0.6 is 23.2 Å². The maximum atomic E-state index is 9.07. The summed E-state index contributed by atoms with van der Waals surface area (Å²) < 4.78 is 1.62. The van der Waals surface area contributed by atoms with Gasteiger partial charge in [-0.2, -0.15) is 10.4 Å². The van der Waals surface area contributed by atoms with Gasteiger partial charge < -0.3 is 10.6 Å². The van der Waals surface area contributed by atoms with Gasteiger partial charge in [0.1, 0.15) is 29.5 Å². The Morgan fingerprint density at radius 1 is 0.964 bits per heavy atom. The predicted octanol–water partition coefficient (Wildman–Crippen LogP) is 4.17. The van der Waals surface area contributed by atoms with Crippen LogP contribution in [0.15, 0.2) is 43.0 Å². The molecule has 138 valence electrons. The Labute approximate surface area is 169 Å². The van der Waals surface area contributed by atoms with E-state index >= 15 is 0 Å². The molecule has 3 aromatic heterocycles. The maximum Gasteiger partial charge on any atom is 0.137 e. The van der Waals surface area contributed by atoms with Gasteiger partial charge in [-0.15, -0.1) is 0 Å². The first-order chi connectivity index (χ1) is 13.6. The monoisotopic (exact) mass is 410 g/mol. The van der Waals surface area contributed by atoms with Gasteiger partial charge in [0, 0.05) is 30.8 Å². The van der Waals surface area contributed by atoms with Crippen LogP contribution in [-0.2, 0) is 0 Å². The number of pyridine rings is 1. The Morgan fingerprint density at radius 2 is 1.68 bits per heavy atom. The Hall–Kier alpha value is -3.41. The Morgan fingerprint density at radius 3 is 2.39 bits per heavy atom. The lowest BCUT2D eigenvalue weighted by atomic mass is 10.2. The summed E-state index contributed by atoms with van der Waals surface area (Å²) >= 11 is 12.7. The molecular formula is C18H12Cl2N8. The van der Waals surface area contributed by atoms with Crippen LogP contribution in [-0.4, -0.2) is 31.8 Å². The average molecular weight is 411 g/mol. The van der Waals surface area contributed by atoms with Gasteiger partial charge in [0.15, 0.2) is 0 Å². The molecule has 0 spiro atoms. The Balaban J connectivity index is 1.78.